The summed E-state index contributed by atoms with van der Waals surface area (Å²) in [4.78, 5) is 0. The summed E-state index contributed by atoms with van der Waals surface area (Å²) in [6, 6.07) is 8.20. The number of methoxy groups -OCH3 is 2. The second-order valence-electron chi connectivity index (χ2n) is 1.78. The first-order chi connectivity index (χ1) is 5.88. The van der Waals surface area contributed by atoms with Crippen LogP contribution in [0.25, 0.3) is 0 Å². The Bertz CT molecular complexity index is 195. The third-order valence-corrected chi connectivity index (χ3v) is 1.23. The van der Waals surface area contributed by atoms with Crippen LogP contribution < -0.4 is 9.47 Å². The zero-order valence-corrected chi connectivity index (χ0v) is 12.3. The Balaban J connectivity index is 0.000000561. The monoisotopic (exact) mass is 328 g/mol. The first kappa shape index (κ1) is 12.2. The van der Waals surface area contributed by atoms with Gasteiger partial charge in [0.15, 0.2) is 0 Å². The van der Waals surface area contributed by atoms with Crippen molar-refractivity contribution in [2.75, 3.05) is 14.2 Å². The normalized spacial score (nSPS) is 8.08. The molecule has 4 heteroatoms. The fourth-order valence-corrected chi connectivity index (χ4v) is 0.729. The molecule has 0 aliphatic heterocycles. The van der Waals surface area contributed by atoms with Gasteiger partial charge in [-0.3, -0.25) is 0 Å². The van der Waals surface area contributed by atoms with E-state index >= 15 is 0 Å². The van der Waals surface area contributed by atoms with Crippen molar-refractivity contribution in [2.45, 2.75) is 0 Å². The van der Waals surface area contributed by atoms with Gasteiger partial charge in [-0.15, -0.1) is 12.1 Å². The van der Waals surface area contributed by atoms with Gasteiger partial charge in [0.25, 0.3) is 0 Å². The van der Waals surface area contributed by atoms with E-state index in [4.69, 9.17) is 9.47 Å². The molecule has 0 bridgehead atoms. The van der Waals surface area contributed by atoms with Crippen molar-refractivity contribution < 1.29 is 24.3 Å². The fraction of sp³-hybridized carbons (Fsp3) is 0.250. The Morgan fingerprint density at radius 2 is 1.83 bits per heavy atom. The number of ether oxygens (including phenoxy) is 2. The van der Waals surface area contributed by atoms with E-state index in [-0.39, 0.29) is 0 Å². The van der Waals surface area contributed by atoms with E-state index in [9.17, 15) is 0 Å². The van der Waals surface area contributed by atoms with Crippen LogP contribution in [0.5, 0.6) is 11.5 Å². The van der Waals surface area contributed by atoms with Gasteiger partial charge in [0.1, 0.15) is 0 Å². The number of benzene rings is 1. The summed E-state index contributed by atoms with van der Waals surface area (Å²) in [6.45, 7) is 0. The molecule has 0 saturated carbocycles. The van der Waals surface area contributed by atoms with Gasteiger partial charge < -0.3 is 9.47 Å². The average molecular weight is 329 g/mol. The third kappa shape index (κ3) is 3.72. The summed E-state index contributed by atoms with van der Waals surface area (Å²) in [6.07, 6.45) is 0. The standard InChI is InChI=1S/C8H9O2.HI.Zn/c1-9-7-5-3-4-6-8(7)10-2;;/h3,5-6H,1-2H3;1H;/q-1;;+2/p-1. The second-order valence-corrected chi connectivity index (χ2v) is 1.78. The summed E-state index contributed by atoms with van der Waals surface area (Å²) in [5.74, 6) is 1.45. The zero-order valence-electron chi connectivity index (χ0n) is 7.13. The van der Waals surface area contributed by atoms with Gasteiger partial charge in [0.2, 0.25) is 0 Å². The summed E-state index contributed by atoms with van der Waals surface area (Å²) in [5.41, 5.74) is 0. The van der Waals surface area contributed by atoms with Crippen LogP contribution in [0, 0.1) is 6.07 Å². The summed E-state index contributed by atoms with van der Waals surface area (Å²) < 4.78 is 9.97. The van der Waals surface area contributed by atoms with E-state index in [1.165, 1.54) is 14.8 Å². The van der Waals surface area contributed by atoms with Crippen molar-refractivity contribution in [3.8, 4) is 11.5 Å². The van der Waals surface area contributed by atoms with E-state index in [0.29, 0.717) is 5.75 Å². The Morgan fingerprint density at radius 3 is 2.25 bits per heavy atom. The summed E-state index contributed by atoms with van der Waals surface area (Å²) in [7, 11) is 3.21. The van der Waals surface area contributed by atoms with Crippen LogP contribution in [0.2, 0.25) is 0 Å². The molecule has 0 aliphatic carbocycles. The number of hydrogen-bond acceptors (Lipinski definition) is 2. The van der Waals surface area contributed by atoms with Crippen molar-refractivity contribution >= 4 is 19.8 Å². The molecule has 0 saturated heterocycles. The van der Waals surface area contributed by atoms with E-state index in [1.807, 2.05) is 0 Å². The molecular formula is C8H9IO2Zn. The Hall–Kier alpha value is 0.173. The number of hydrogen-bond donors (Lipinski definition) is 0. The quantitative estimate of drug-likeness (QED) is 0.471. The molecule has 2 nitrogen and oxygen atoms in total. The predicted molar refractivity (Wildman–Crippen MR) is 52.4 cm³/mol. The molecule has 0 radical (unpaired) electrons. The molecule has 0 amide bonds. The van der Waals surface area contributed by atoms with Crippen molar-refractivity contribution in [3.05, 3.63) is 24.3 Å². The van der Waals surface area contributed by atoms with E-state index in [0.717, 1.165) is 5.75 Å². The van der Waals surface area contributed by atoms with Crippen molar-refractivity contribution in [2.24, 2.45) is 0 Å². The second kappa shape index (κ2) is 7.80. The predicted octanol–water partition coefficient (Wildman–Crippen LogP) is 2.39. The SMILES string of the molecule is COc1c[c-]ccc1OC.[Zn+][I]. The minimum absolute atomic E-state index is 0.713. The molecular weight excluding hydrogens is 320 g/mol. The van der Waals surface area contributed by atoms with Crippen LogP contribution in [-0.2, 0) is 14.8 Å². The molecule has 0 heterocycles. The van der Waals surface area contributed by atoms with Crippen LogP contribution in [0.1, 0.15) is 0 Å². The Morgan fingerprint density at radius 1 is 1.25 bits per heavy atom. The Labute approximate surface area is 93.5 Å². The molecule has 1 aromatic rings. The maximum atomic E-state index is 4.99. The van der Waals surface area contributed by atoms with Gasteiger partial charge in [-0.05, 0) is 0 Å². The number of halogens is 1. The third-order valence-electron chi connectivity index (χ3n) is 1.23. The molecule has 62 valence electrons. The van der Waals surface area contributed by atoms with E-state index < -0.39 is 0 Å². The number of rotatable bonds is 2. The van der Waals surface area contributed by atoms with Gasteiger partial charge in [-0.1, -0.05) is 0 Å². The first-order valence-corrected chi connectivity index (χ1v) is 12.3. The van der Waals surface area contributed by atoms with Gasteiger partial charge >= 0.3 is 34.5 Å². The molecule has 1 aromatic carbocycles. The van der Waals surface area contributed by atoms with Crippen molar-refractivity contribution in [3.63, 3.8) is 0 Å². The van der Waals surface area contributed by atoms with Crippen molar-refractivity contribution in [1.29, 1.82) is 0 Å². The van der Waals surface area contributed by atoms with Crippen molar-refractivity contribution in [1.82, 2.24) is 0 Å². The van der Waals surface area contributed by atoms with Crippen LogP contribution in [0.4, 0.5) is 0 Å². The topological polar surface area (TPSA) is 18.5 Å². The molecule has 0 unspecified atom stereocenters. The van der Waals surface area contributed by atoms with Gasteiger partial charge in [0.05, 0.1) is 20.0 Å². The molecule has 0 spiro atoms. The molecule has 0 N–H and O–H groups in total. The summed E-state index contributed by atoms with van der Waals surface area (Å²) in [5, 5.41) is 0. The zero-order chi connectivity index (χ0) is 9.40. The van der Waals surface area contributed by atoms with Crippen LogP contribution in [0.15, 0.2) is 18.2 Å². The van der Waals surface area contributed by atoms with E-state index in [1.54, 1.807) is 32.4 Å². The van der Waals surface area contributed by atoms with Crippen LogP contribution in [0.3, 0.4) is 0 Å². The first-order valence-electron chi connectivity index (χ1n) is 3.23. The maximum absolute atomic E-state index is 4.99. The fourth-order valence-electron chi connectivity index (χ4n) is 0.729. The average Bonchev–Trinajstić information content (AvgIpc) is 2.20. The van der Waals surface area contributed by atoms with Crippen LogP contribution in [-0.4, -0.2) is 14.2 Å². The molecule has 0 fully saturated rings. The Kier molecular flexibility index (Phi) is 7.92. The summed E-state index contributed by atoms with van der Waals surface area (Å²) >= 11 is 3.62. The van der Waals surface area contributed by atoms with Gasteiger partial charge in [0, 0.05) is 5.75 Å². The van der Waals surface area contributed by atoms with Gasteiger partial charge in [-0.2, -0.15) is 12.1 Å². The molecule has 0 aromatic heterocycles. The van der Waals surface area contributed by atoms with Gasteiger partial charge in [-0.25, -0.2) is 0 Å². The molecule has 1 rings (SSSR count). The molecule has 0 aliphatic rings. The molecule has 12 heavy (non-hydrogen) atoms. The minimum atomic E-state index is 0.713. The molecule has 0 atom stereocenters. The van der Waals surface area contributed by atoms with E-state index in [2.05, 4.69) is 25.8 Å². The van der Waals surface area contributed by atoms with Crippen LogP contribution >= 0.6 is 19.8 Å².